The van der Waals surface area contributed by atoms with Crippen LogP contribution in [0.2, 0.25) is 0 Å². The number of piperidine rings is 1. The molecule has 0 aromatic heterocycles. The predicted molar refractivity (Wildman–Crippen MR) is 89.7 cm³/mol. The Morgan fingerprint density at radius 2 is 2.21 bits per heavy atom. The van der Waals surface area contributed by atoms with E-state index < -0.39 is 5.60 Å². The number of phenols is 1. The summed E-state index contributed by atoms with van der Waals surface area (Å²) in [6.45, 7) is 0.796. The molecular weight excluding hydrogens is 308 g/mol. The van der Waals surface area contributed by atoms with Crippen LogP contribution in [0, 0.1) is 5.92 Å². The molecule has 3 atom stereocenters. The van der Waals surface area contributed by atoms with Crippen LogP contribution in [0.25, 0.3) is 0 Å². The van der Waals surface area contributed by atoms with Crippen molar-refractivity contribution in [1.82, 2.24) is 4.90 Å². The molecule has 132 valence electrons. The van der Waals surface area contributed by atoms with Gasteiger partial charge in [0, 0.05) is 18.5 Å². The number of amides is 1. The minimum atomic E-state index is -0.692. The first-order valence-electron chi connectivity index (χ1n) is 8.56. The summed E-state index contributed by atoms with van der Waals surface area (Å²) in [5.74, 6) is 0.162. The number of hydrogen-bond acceptors (Lipinski definition) is 5. The number of fused-ring (bicyclic) bond motifs is 1. The number of nitrogens with zero attached hydrogens (tertiary/aromatic N) is 1. The lowest BCUT2D eigenvalue weighted by molar-refractivity contribution is -0.136. The number of aromatic hydroxyl groups is 1. The molecule has 1 saturated heterocycles. The molecule has 0 bridgehead atoms. The van der Waals surface area contributed by atoms with Gasteiger partial charge in [0.1, 0.15) is 0 Å². The van der Waals surface area contributed by atoms with Crippen molar-refractivity contribution in [2.24, 2.45) is 11.7 Å². The Bertz CT molecular complexity index is 621. The molecule has 0 spiro atoms. The van der Waals surface area contributed by atoms with E-state index in [-0.39, 0.29) is 30.2 Å². The lowest BCUT2D eigenvalue weighted by Crippen LogP contribution is -2.56. The molecule has 4 N–H and O–H groups in total. The van der Waals surface area contributed by atoms with Gasteiger partial charge < -0.3 is 20.7 Å². The van der Waals surface area contributed by atoms with Gasteiger partial charge in [0.25, 0.3) is 0 Å². The fourth-order valence-corrected chi connectivity index (χ4v) is 4.44. The highest BCUT2D eigenvalue weighted by Crippen LogP contribution is 2.49. The summed E-state index contributed by atoms with van der Waals surface area (Å²) in [5.41, 5.74) is 5.69. The van der Waals surface area contributed by atoms with Gasteiger partial charge in [0.05, 0.1) is 19.3 Å². The van der Waals surface area contributed by atoms with Crippen LogP contribution in [0.1, 0.15) is 43.7 Å². The standard InChI is InChI=1S/C18H26N2O4/c1-24-15-10-12(5-6-14(15)21)17-13-4-2-3-7-18(13,23)8-9-20(17)11-16(19)22/h5-6,10,13,17,21,23H,2-4,7-9,11H2,1H3,(H2,19,22)/t13-,17+,18+/m1/s1. The monoisotopic (exact) mass is 334 g/mol. The summed E-state index contributed by atoms with van der Waals surface area (Å²) in [6.07, 6.45) is 4.49. The smallest absolute Gasteiger partial charge is 0.231 e. The molecule has 0 unspecified atom stereocenters. The summed E-state index contributed by atoms with van der Waals surface area (Å²) in [6, 6.07) is 5.14. The second kappa shape index (κ2) is 6.61. The first-order valence-corrected chi connectivity index (χ1v) is 8.56. The van der Waals surface area contributed by atoms with Gasteiger partial charge in [-0.2, -0.15) is 0 Å². The molecule has 3 rings (SSSR count). The summed E-state index contributed by atoms with van der Waals surface area (Å²) in [7, 11) is 1.51. The van der Waals surface area contributed by atoms with Gasteiger partial charge in [-0.3, -0.25) is 9.69 Å². The average molecular weight is 334 g/mol. The zero-order valence-electron chi connectivity index (χ0n) is 14.1. The van der Waals surface area contributed by atoms with E-state index in [9.17, 15) is 15.0 Å². The highest BCUT2D eigenvalue weighted by molar-refractivity contribution is 5.76. The normalized spacial score (nSPS) is 30.6. The molecule has 6 heteroatoms. The van der Waals surface area contributed by atoms with Crippen LogP contribution >= 0.6 is 0 Å². The van der Waals surface area contributed by atoms with E-state index >= 15 is 0 Å². The van der Waals surface area contributed by atoms with E-state index in [1.165, 1.54) is 7.11 Å². The number of likely N-dealkylation sites (tertiary alicyclic amines) is 1. The average Bonchev–Trinajstić information content (AvgIpc) is 2.55. The number of nitrogens with two attached hydrogens (primary N) is 1. The zero-order valence-corrected chi connectivity index (χ0v) is 14.1. The second-order valence-electron chi connectivity index (χ2n) is 7.02. The first-order chi connectivity index (χ1) is 11.4. The molecule has 24 heavy (non-hydrogen) atoms. The van der Waals surface area contributed by atoms with Crippen molar-refractivity contribution < 1.29 is 19.7 Å². The maximum atomic E-state index is 11.5. The van der Waals surface area contributed by atoms with E-state index in [0.717, 1.165) is 31.2 Å². The molecule has 1 aromatic carbocycles. The van der Waals surface area contributed by atoms with Crippen LogP contribution in [-0.4, -0.2) is 46.8 Å². The fraction of sp³-hybridized carbons (Fsp3) is 0.611. The minimum absolute atomic E-state index is 0.0496. The number of methoxy groups -OCH3 is 1. The van der Waals surface area contributed by atoms with Gasteiger partial charge in [-0.15, -0.1) is 0 Å². The molecule has 1 saturated carbocycles. The van der Waals surface area contributed by atoms with E-state index in [4.69, 9.17) is 10.5 Å². The van der Waals surface area contributed by atoms with E-state index in [0.29, 0.717) is 18.7 Å². The van der Waals surface area contributed by atoms with Crippen LogP contribution < -0.4 is 10.5 Å². The quantitative estimate of drug-likeness (QED) is 0.776. The van der Waals surface area contributed by atoms with Crippen molar-refractivity contribution in [3.63, 3.8) is 0 Å². The lowest BCUT2D eigenvalue weighted by Gasteiger charge is -2.52. The number of aliphatic hydroxyl groups is 1. The van der Waals surface area contributed by atoms with Crippen LogP contribution in [0.3, 0.4) is 0 Å². The molecule has 2 fully saturated rings. The van der Waals surface area contributed by atoms with Crippen molar-refractivity contribution in [2.45, 2.75) is 43.7 Å². The minimum Gasteiger partial charge on any atom is -0.504 e. The molecule has 1 amide bonds. The number of rotatable bonds is 4. The summed E-state index contributed by atoms with van der Waals surface area (Å²) in [5, 5.41) is 21.0. The van der Waals surface area contributed by atoms with Crippen LogP contribution in [0.5, 0.6) is 11.5 Å². The highest BCUT2D eigenvalue weighted by Gasteiger charge is 2.49. The third-order valence-electron chi connectivity index (χ3n) is 5.58. The third-order valence-corrected chi connectivity index (χ3v) is 5.58. The Morgan fingerprint density at radius 3 is 2.92 bits per heavy atom. The second-order valence-corrected chi connectivity index (χ2v) is 7.02. The number of primary amides is 1. The Morgan fingerprint density at radius 1 is 1.42 bits per heavy atom. The largest absolute Gasteiger partial charge is 0.504 e. The maximum Gasteiger partial charge on any atom is 0.231 e. The molecule has 6 nitrogen and oxygen atoms in total. The number of carbonyl (C=O) groups excluding carboxylic acids is 1. The zero-order chi connectivity index (χ0) is 17.3. The van der Waals surface area contributed by atoms with Crippen molar-refractivity contribution >= 4 is 5.91 Å². The third kappa shape index (κ3) is 3.08. The Kier molecular flexibility index (Phi) is 4.69. The lowest BCUT2D eigenvalue weighted by atomic mass is 9.66. The molecular formula is C18H26N2O4. The Hall–Kier alpha value is -1.79. The molecule has 1 aromatic rings. The van der Waals surface area contributed by atoms with E-state index in [1.807, 2.05) is 6.07 Å². The van der Waals surface area contributed by atoms with E-state index in [1.54, 1.807) is 12.1 Å². The molecule has 2 aliphatic rings. The van der Waals surface area contributed by atoms with Gasteiger partial charge in [-0.25, -0.2) is 0 Å². The van der Waals surface area contributed by atoms with Crippen LogP contribution in [0.15, 0.2) is 18.2 Å². The summed E-state index contributed by atoms with van der Waals surface area (Å²) >= 11 is 0. The number of phenolic OH excluding ortho intramolecular Hbond substituents is 1. The van der Waals surface area contributed by atoms with Crippen molar-refractivity contribution in [3.8, 4) is 11.5 Å². The highest BCUT2D eigenvalue weighted by atomic mass is 16.5. The molecule has 0 radical (unpaired) electrons. The number of hydrogen-bond donors (Lipinski definition) is 3. The first kappa shape index (κ1) is 17.0. The van der Waals surface area contributed by atoms with Crippen molar-refractivity contribution in [3.05, 3.63) is 23.8 Å². The van der Waals surface area contributed by atoms with Gasteiger partial charge in [-0.05, 0) is 37.0 Å². The van der Waals surface area contributed by atoms with Gasteiger partial charge >= 0.3 is 0 Å². The SMILES string of the molecule is COc1cc([C@H]2[C@H]3CCCC[C@]3(O)CCN2CC(N)=O)ccc1O. The van der Waals surface area contributed by atoms with Crippen molar-refractivity contribution in [2.75, 3.05) is 20.2 Å². The number of benzene rings is 1. The van der Waals surface area contributed by atoms with Crippen molar-refractivity contribution in [1.29, 1.82) is 0 Å². The Labute approximate surface area is 142 Å². The fourth-order valence-electron chi connectivity index (χ4n) is 4.44. The topological polar surface area (TPSA) is 96.0 Å². The van der Waals surface area contributed by atoms with Crippen LogP contribution in [-0.2, 0) is 4.79 Å². The van der Waals surface area contributed by atoms with Gasteiger partial charge in [0.15, 0.2) is 11.5 Å². The number of ether oxygens (including phenoxy) is 1. The molecule has 1 aliphatic carbocycles. The predicted octanol–water partition coefficient (Wildman–Crippen LogP) is 1.55. The molecule has 1 heterocycles. The van der Waals surface area contributed by atoms with Crippen LogP contribution in [0.4, 0.5) is 0 Å². The summed E-state index contributed by atoms with van der Waals surface area (Å²) < 4.78 is 5.23. The number of carbonyl (C=O) groups is 1. The molecule has 1 aliphatic heterocycles. The summed E-state index contributed by atoms with van der Waals surface area (Å²) in [4.78, 5) is 13.6. The maximum absolute atomic E-state index is 11.5. The Balaban J connectivity index is 2.00. The van der Waals surface area contributed by atoms with Gasteiger partial charge in [0.2, 0.25) is 5.91 Å². The van der Waals surface area contributed by atoms with E-state index in [2.05, 4.69) is 4.90 Å². The van der Waals surface area contributed by atoms with Gasteiger partial charge in [-0.1, -0.05) is 18.9 Å².